The first-order valence-electron chi connectivity index (χ1n) is 10.1. The highest BCUT2D eigenvalue weighted by Gasteiger charge is 2.35. The molecule has 1 fully saturated rings. The zero-order valence-electron chi connectivity index (χ0n) is 17.3. The number of hydrogen-bond acceptors (Lipinski definition) is 5. The highest BCUT2D eigenvalue weighted by molar-refractivity contribution is 5.92. The lowest BCUT2D eigenvalue weighted by atomic mass is 9.83. The number of rotatable bonds is 8. The van der Waals surface area contributed by atoms with Gasteiger partial charge in [0.25, 0.3) is 5.91 Å². The number of aromatic nitrogens is 4. The van der Waals surface area contributed by atoms with Gasteiger partial charge in [0.2, 0.25) is 5.91 Å². The van der Waals surface area contributed by atoms with E-state index in [2.05, 4.69) is 20.7 Å². The van der Waals surface area contributed by atoms with E-state index in [-0.39, 0.29) is 29.9 Å². The smallest absolute Gasteiger partial charge is 0.272 e. The van der Waals surface area contributed by atoms with E-state index in [9.17, 15) is 9.59 Å². The van der Waals surface area contributed by atoms with Crippen LogP contribution in [0.2, 0.25) is 0 Å². The molecular weight excluding hydrogens is 372 g/mol. The minimum atomic E-state index is -0.205. The van der Waals surface area contributed by atoms with Crippen molar-refractivity contribution in [3.63, 3.8) is 0 Å². The van der Waals surface area contributed by atoms with E-state index in [1.807, 2.05) is 24.7 Å². The van der Waals surface area contributed by atoms with Crippen molar-refractivity contribution in [2.24, 2.45) is 13.0 Å². The van der Waals surface area contributed by atoms with Gasteiger partial charge in [-0.15, -0.1) is 0 Å². The molecule has 1 aliphatic rings. The Kier molecular flexibility index (Phi) is 7.03. The minimum absolute atomic E-state index is 0.0582. The van der Waals surface area contributed by atoms with Gasteiger partial charge in [0.1, 0.15) is 5.69 Å². The molecule has 2 N–H and O–H groups in total. The van der Waals surface area contributed by atoms with E-state index in [1.54, 1.807) is 30.4 Å². The number of carbonyl (C=O) groups excluding carboxylic acids is 2. The van der Waals surface area contributed by atoms with Crippen LogP contribution in [0.1, 0.15) is 41.9 Å². The van der Waals surface area contributed by atoms with Gasteiger partial charge < -0.3 is 19.9 Å². The molecule has 0 spiro atoms. The van der Waals surface area contributed by atoms with Gasteiger partial charge in [0.15, 0.2) is 0 Å². The molecule has 29 heavy (non-hydrogen) atoms. The van der Waals surface area contributed by atoms with E-state index >= 15 is 0 Å². The van der Waals surface area contributed by atoms with Gasteiger partial charge in [-0.2, -0.15) is 5.10 Å². The van der Waals surface area contributed by atoms with Crippen molar-refractivity contribution in [2.45, 2.75) is 51.3 Å². The molecule has 0 bridgehead atoms. The van der Waals surface area contributed by atoms with Gasteiger partial charge in [-0.1, -0.05) is 0 Å². The first-order valence-corrected chi connectivity index (χ1v) is 10.1. The van der Waals surface area contributed by atoms with Crippen LogP contribution in [0.5, 0.6) is 0 Å². The zero-order valence-corrected chi connectivity index (χ0v) is 17.3. The third kappa shape index (κ3) is 5.44. The maximum absolute atomic E-state index is 12.5. The molecule has 2 heterocycles. The predicted octanol–water partition coefficient (Wildman–Crippen LogP) is 1.05. The molecule has 9 nitrogen and oxygen atoms in total. The van der Waals surface area contributed by atoms with Crippen LogP contribution in [0.4, 0.5) is 0 Å². The third-order valence-electron chi connectivity index (χ3n) is 5.58. The van der Waals surface area contributed by atoms with Crippen LogP contribution < -0.4 is 10.6 Å². The van der Waals surface area contributed by atoms with Gasteiger partial charge in [0.05, 0.1) is 18.5 Å². The van der Waals surface area contributed by atoms with Crippen LogP contribution in [-0.2, 0) is 23.1 Å². The number of nitrogens with one attached hydrogen (secondary N) is 2. The molecule has 0 radical (unpaired) electrons. The molecule has 0 saturated heterocycles. The van der Waals surface area contributed by atoms with E-state index in [1.165, 1.54) is 0 Å². The summed E-state index contributed by atoms with van der Waals surface area (Å²) in [4.78, 5) is 29.0. The monoisotopic (exact) mass is 402 g/mol. The lowest BCUT2D eigenvalue weighted by Crippen LogP contribution is -2.50. The molecular formula is C20H30N6O3. The number of ether oxygens (including phenoxy) is 1. The van der Waals surface area contributed by atoms with Crippen molar-refractivity contribution in [1.29, 1.82) is 0 Å². The average Bonchev–Trinajstić information content (AvgIpc) is 3.35. The Balaban J connectivity index is 1.45. The molecule has 9 heteroatoms. The average molecular weight is 402 g/mol. The van der Waals surface area contributed by atoms with E-state index in [4.69, 9.17) is 4.74 Å². The van der Waals surface area contributed by atoms with Gasteiger partial charge in [-0.25, -0.2) is 4.98 Å². The second kappa shape index (κ2) is 9.69. The fourth-order valence-corrected chi connectivity index (χ4v) is 3.74. The molecule has 0 unspecified atom stereocenters. The van der Waals surface area contributed by atoms with Crippen molar-refractivity contribution in [3.05, 3.63) is 36.2 Å². The van der Waals surface area contributed by atoms with E-state index in [0.717, 1.165) is 25.1 Å². The zero-order chi connectivity index (χ0) is 20.8. The molecule has 0 aliphatic heterocycles. The standard InChI is InChI=1S/C20H30N6O3/c1-14-11-17(24-25(14)2)20(28)23-16-6-5-15(12-18(16)29-3)19(27)22-7-4-9-26-10-8-21-13-26/h8,10-11,13,15-16,18H,4-7,9,12H2,1-3H3,(H,22,27)(H,23,28)/t15-,16-,18-/m0/s1. The van der Waals surface area contributed by atoms with Gasteiger partial charge in [-0.3, -0.25) is 14.3 Å². The molecule has 2 aromatic heterocycles. The Morgan fingerprint density at radius 1 is 1.34 bits per heavy atom. The molecule has 2 amide bonds. The Morgan fingerprint density at radius 2 is 2.17 bits per heavy atom. The van der Waals surface area contributed by atoms with Crippen LogP contribution in [0.25, 0.3) is 0 Å². The lowest BCUT2D eigenvalue weighted by Gasteiger charge is -2.35. The second-order valence-electron chi connectivity index (χ2n) is 7.60. The number of aryl methyl sites for hydroxylation is 3. The number of amides is 2. The Hall–Kier alpha value is -2.68. The van der Waals surface area contributed by atoms with Crippen LogP contribution in [0.15, 0.2) is 24.8 Å². The fraction of sp³-hybridized carbons (Fsp3) is 0.600. The molecule has 158 valence electrons. The topological polar surface area (TPSA) is 103 Å². The number of methoxy groups -OCH3 is 1. The third-order valence-corrected chi connectivity index (χ3v) is 5.58. The van der Waals surface area contributed by atoms with Crippen LogP contribution in [0.3, 0.4) is 0 Å². The molecule has 0 aromatic carbocycles. The first kappa shape index (κ1) is 21.0. The summed E-state index contributed by atoms with van der Waals surface area (Å²) in [6.07, 6.45) is 8.10. The molecule has 1 saturated carbocycles. The van der Waals surface area contributed by atoms with Crippen molar-refractivity contribution < 1.29 is 14.3 Å². The van der Waals surface area contributed by atoms with Crippen molar-refractivity contribution in [1.82, 2.24) is 30.0 Å². The Morgan fingerprint density at radius 3 is 2.83 bits per heavy atom. The number of hydrogen-bond donors (Lipinski definition) is 2. The normalized spacial score (nSPS) is 21.7. The molecule has 1 aliphatic carbocycles. The predicted molar refractivity (Wildman–Crippen MR) is 107 cm³/mol. The highest BCUT2D eigenvalue weighted by Crippen LogP contribution is 2.27. The molecule has 3 atom stereocenters. The quantitative estimate of drug-likeness (QED) is 0.643. The summed E-state index contributed by atoms with van der Waals surface area (Å²) in [6.45, 7) is 3.36. The summed E-state index contributed by atoms with van der Waals surface area (Å²) in [6, 6.07) is 1.64. The van der Waals surface area contributed by atoms with Crippen LogP contribution in [-0.4, -0.2) is 56.9 Å². The van der Waals surface area contributed by atoms with Crippen molar-refractivity contribution >= 4 is 11.8 Å². The number of nitrogens with zero attached hydrogens (tertiary/aromatic N) is 4. The van der Waals surface area contributed by atoms with Gasteiger partial charge in [-0.05, 0) is 38.7 Å². The Labute approximate surface area is 170 Å². The lowest BCUT2D eigenvalue weighted by molar-refractivity contribution is -0.127. The summed E-state index contributed by atoms with van der Waals surface area (Å²) >= 11 is 0. The van der Waals surface area contributed by atoms with Gasteiger partial charge in [0, 0.05) is 51.3 Å². The minimum Gasteiger partial charge on any atom is -0.379 e. The summed E-state index contributed by atoms with van der Waals surface area (Å²) in [5.74, 6) is -0.246. The summed E-state index contributed by atoms with van der Waals surface area (Å²) in [5.41, 5.74) is 1.32. The molecule has 2 aromatic rings. The number of carbonyl (C=O) groups is 2. The highest BCUT2D eigenvalue weighted by atomic mass is 16.5. The maximum Gasteiger partial charge on any atom is 0.272 e. The Bertz CT molecular complexity index is 797. The largest absolute Gasteiger partial charge is 0.379 e. The van der Waals surface area contributed by atoms with E-state index in [0.29, 0.717) is 25.1 Å². The molecule has 3 rings (SSSR count). The van der Waals surface area contributed by atoms with Crippen molar-refractivity contribution in [2.75, 3.05) is 13.7 Å². The summed E-state index contributed by atoms with van der Waals surface area (Å²) < 4.78 is 9.26. The van der Waals surface area contributed by atoms with Crippen LogP contribution >= 0.6 is 0 Å². The second-order valence-corrected chi connectivity index (χ2v) is 7.60. The summed E-state index contributed by atoms with van der Waals surface area (Å²) in [7, 11) is 3.43. The number of imidazole rings is 1. The first-order chi connectivity index (χ1) is 14.0. The van der Waals surface area contributed by atoms with Crippen molar-refractivity contribution in [3.8, 4) is 0 Å². The maximum atomic E-state index is 12.5. The fourth-order valence-electron chi connectivity index (χ4n) is 3.74. The van der Waals surface area contributed by atoms with Crippen LogP contribution in [0, 0.1) is 12.8 Å². The SMILES string of the molecule is CO[C@H]1C[C@@H](C(=O)NCCCn2ccnc2)CC[C@@H]1NC(=O)c1cc(C)n(C)n1. The van der Waals surface area contributed by atoms with Gasteiger partial charge >= 0.3 is 0 Å². The summed E-state index contributed by atoms with van der Waals surface area (Å²) in [5, 5.41) is 10.3. The van der Waals surface area contributed by atoms with E-state index < -0.39 is 0 Å².